The number of carbonyl (C=O) groups is 1. The summed E-state index contributed by atoms with van der Waals surface area (Å²) < 4.78 is 5.66. The first-order valence-corrected chi connectivity index (χ1v) is 8.42. The molecular formula is C15H17N3O2S. The Hall–Kier alpha value is -1.53. The summed E-state index contributed by atoms with van der Waals surface area (Å²) in [4.78, 5) is 19.0. The van der Waals surface area contributed by atoms with Gasteiger partial charge in [-0.3, -0.25) is 9.78 Å². The van der Waals surface area contributed by atoms with Crippen LogP contribution >= 0.6 is 11.8 Å². The Morgan fingerprint density at radius 1 is 1.48 bits per heavy atom. The minimum Gasteiger partial charge on any atom is -0.450 e. The molecule has 5 nitrogen and oxygen atoms in total. The number of aromatic nitrogens is 1. The van der Waals surface area contributed by atoms with Crippen molar-refractivity contribution in [3.63, 3.8) is 0 Å². The van der Waals surface area contributed by atoms with Gasteiger partial charge in [0, 0.05) is 42.8 Å². The molecule has 2 saturated heterocycles. The Labute approximate surface area is 127 Å². The van der Waals surface area contributed by atoms with Crippen LogP contribution in [0.2, 0.25) is 0 Å². The zero-order valence-electron chi connectivity index (χ0n) is 11.8. The van der Waals surface area contributed by atoms with Crippen molar-refractivity contribution in [1.29, 1.82) is 0 Å². The molecule has 2 aliphatic heterocycles. The molecule has 0 spiro atoms. The molecule has 4 rings (SSSR count). The summed E-state index contributed by atoms with van der Waals surface area (Å²) in [6.45, 7) is 3.26. The summed E-state index contributed by atoms with van der Waals surface area (Å²) in [7, 11) is 0. The van der Waals surface area contributed by atoms with Crippen LogP contribution in [-0.2, 0) is 0 Å². The Morgan fingerprint density at radius 3 is 3.10 bits per heavy atom. The number of carbonyl (C=O) groups excluding carboxylic acids is 1. The third-order valence-corrected chi connectivity index (χ3v) is 5.07. The molecule has 2 aromatic rings. The second-order valence-electron chi connectivity index (χ2n) is 5.77. The van der Waals surface area contributed by atoms with E-state index >= 15 is 0 Å². The number of hydrogen-bond acceptors (Lipinski definition) is 5. The summed E-state index contributed by atoms with van der Waals surface area (Å²) in [5, 5.41) is 4.89. The minimum atomic E-state index is -0.0993. The summed E-state index contributed by atoms with van der Waals surface area (Å²) in [5.74, 6) is 0.502. The van der Waals surface area contributed by atoms with Gasteiger partial charge >= 0.3 is 0 Å². The van der Waals surface area contributed by atoms with Crippen molar-refractivity contribution >= 4 is 28.6 Å². The lowest BCUT2D eigenvalue weighted by Gasteiger charge is -2.22. The Kier molecular flexibility index (Phi) is 3.15. The first-order chi connectivity index (χ1) is 10.2. The normalized spacial score (nSPS) is 27.4. The second-order valence-corrected chi connectivity index (χ2v) is 6.58. The fraction of sp³-hybridized carbons (Fsp3) is 0.467. The molecule has 0 aromatic carbocycles. The number of thioether (sulfide) groups is 1. The van der Waals surface area contributed by atoms with Crippen molar-refractivity contribution < 1.29 is 9.21 Å². The predicted molar refractivity (Wildman–Crippen MR) is 81.6 cm³/mol. The van der Waals surface area contributed by atoms with Crippen molar-refractivity contribution in [2.24, 2.45) is 5.92 Å². The summed E-state index contributed by atoms with van der Waals surface area (Å²) in [6.07, 6.45) is 4.85. The van der Waals surface area contributed by atoms with Crippen molar-refractivity contribution in [1.82, 2.24) is 15.2 Å². The Morgan fingerprint density at radius 2 is 2.38 bits per heavy atom. The van der Waals surface area contributed by atoms with Crippen molar-refractivity contribution in [2.45, 2.75) is 17.6 Å². The smallest absolute Gasteiger partial charge is 0.270 e. The number of pyridine rings is 1. The predicted octanol–water partition coefficient (Wildman–Crippen LogP) is 1.98. The summed E-state index contributed by atoms with van der Waals surface area (Å²) in [5.41, 5.74) is 1.15. The highest BCUT2D eigenvalue weighted by Gasteiger charge is 2.38. The van der Waals surface area contributed by atoms with E-state index in [-0.39, 0.29) is 11.9 Å². The lowest BCUT2D eigenvalue weighted by atomic mass is 10.00. The number of furan rings is 1. The SMILES string of the molecule is CSc1cc2cnc(C(=O)NC3CN4CC[C@H]3C4)cc2o1. The molecule has 1 amide bonds. The molecule has 21 heavy (non-hydrogen) atoms. The standard InChI is InChI=1S/C15H17N3O2S/c1-21-14-4-10-6-16-11(5-13(10)20-14)15(19)17-12-8-18-3-2-9(12)7-18/h4-6,9,12H,2-3,7-8H2,1H3,(H,17,19)/t9-,12?/m0/s1. The van der Waals surface area contributed by atoms with E-state index in [4.69, 9.17) is 4.42 Å². The van der Waals surface area contributed by atoms with Gasteiger partial charge in [0.2, 0.25) is 0 Å². The highest BCUT2D eigenvalue weighted by atomic mass is 32.2. The van der Waals surface area contributed by atoms with Gasteiger partial charge in [0.25, 0.3) is 5.91 Å². The van der Waals surface area contributed by atoms with E-state index in [2.05, 4.69) is 15.2 Å². The lowest BCUT2D eigenvalue weighted by Crippen LogP contribution is -2.43. The summed E-state index contributed by atoms with van der Waals surface area (Å²) >= 11 is 1.54. The van der Waals surface area contributed by atoms with Crippen LogP contribution in [0.4, 0.5) is 0 Å². The second kappa shape index (κ2) is 5.03. The van der Waals surface area contributed by atoms with E-state index in [9.17, 15) is 4.79 Å². The van der Waals surface area contributed by atoms with Gasteiger partial charge in [0.15, 0.2) is 5.09 Å². The van der Waals surface area contributed by atoms with Gasteiger partial charge in [0.05, 0.1) is 0 Å². The van der Waals surface area contributed by atoms with Crippen LogP contribution in [0.3, 0.4) is 0 Å². The maximum Gasteiger partial charge on any atom is 0.270 e. The van der Waals surface area contributed by atoms with E-state index in [0.717, 1.165) is 29.2 Å². The number of nitrogens with one attached hydrogen (secondary N) is 1. The molecule has 110 valence electrons. The van der Waals surface area contributed by atoms with Crippen LogP contribution in [0.15, 0.2) is 27.8 Å². The van der Waals surface area contributed by atoms with Gasteiger partial charge in [0.1, 0.15) is 11.3 Å². The van der Waals surface area contributed by atoms with E-state index < -0.39 is 0 Å². The largest absolute Gasteiger partial charge is 0.450 e. The monoisotopic (exact) mass is 303 g/mol. The topological polar surface area (TPSA) is 58.4 Å². The van der Waals surface area contributed by atoms with Gasteiger partial charge in [-0.25, -0.2) is 0 Å². The average Bonchev–Trinajstić information content (AvgIpc) is 3.20. The highest BCUT2D eigenvalue weighted by Crippen LogP contribution is 2.28. The van der Waals surface area contributed by atoms with E-state index in [1.165, 1.54) is 13.0 Å². The van der Waals surface area contributed by atoms with E-state index in [1.54, 1.807) is 24.0 Å². The van der Waals surface area contributed by atoms with Crippen molar-refractivity contribution in [3.8, 4) is 0 Å². The zero-order chi connectivity index (χ0) is 14.4. The molecule has 2 aromatic heterocycles. The number of rotatable bonds is 3. The van der Waals surface area contributed by atoms with Gasteiger partial charge in [-0.05, 0) is 25.1 Å². The third kappa shape index (κ3) is 2.32. The molecule has 0 saturated carbocycles. The number of fused-ring (bicyclic) bond motifs is 3. The molecule has 3 atom stereocenters. The number of nitrogens with zero attached hydrogens (tertiary/aromatic N) is 2. The van der Waals surface area contributed by atoms with Crippen LogP contribution in [0.25, 0.3) is 11.0 Å². The third-order valence-electron chi connectivity index (χ3n) is 4.46. The average molecular weight is 303 g/mol. The summed E-state index contributed by atoms with van der Waals surface area (Å²) in [6, 6.07) is 3.94. The van der Waals surface area contributed by atoms with Crippen LogP contribution in [-0.4, -0.2) is 47.7 Å². The highest BCUT2D eigenvalue weighted by molar-refractivity contribution is 7.98. The quantitative estimate of drug-likeness (QED) is 0.879. The first kappa shape index (κ1) is 13.2. The number of amides is 1. The Balaban J connectivity index is 1.53. The zero-order valence-corrected chi connectivity index (χ0v) is 12.7. The van der Waals surface area contributed by atoms with E-state index in [0.29, 0.717) is 11.6 Å². The molecule has 1 N–H and O–H groups in total. The number of hydrogen-bond donors (Lipinski definition) is 1. The van der Waals surface area contributed by atoms with Gasteiger partial charge in [-0.15, -0.1) is 0 Å². The first-order valence-electron chi connectivity index (χ1n) is 7.20. The van der Waals surface area contributed by atoms with Crippen LogP contribution in [0.1, 0.15) is 16.9 Å². The molecular weight excluding hydrogens is 286 g/mol. The van der Waals surface area contributed by atoms with Crippen LogP contribution in [0.5, 0.6) is 0 Å². The van der Waals surface area contributed by atoms with E-state index in [1.807, 2.05) is 12.3 Å². The van der Waals surface area contributed by atoms with Crippen molar-refractivity contribution in [3.05, 3.63) is 24.0 Å². The minimum absolute atomic E-state index is 0.0993. The van der Waals surface area contributed by atoms with Crippen molar-refractivity contribution in [2.75, 3.05) is 25.9 Å². The fourth-order valence-electron chi connectivity index (χ4n) is 3.32. The lowest BCUT2D eigenvalue weighted by molar-refractivity contribution is 0.0919. The molecule has 6 heteroatoms. The molecule has 2 bridgehead atoms. The molecule has 2 aliphatic rings. The molecule has 0 radical (unpaired) electrons. The maximum absolute atomic E-state index is 12.4. The maximum atomic E-state index is 12.4. The molecule has 2 fully saturated rings. The van der Waals surface area contributed by atoms with Gasteiger partial charge in [-0.1, -0.05) is 11.8 Å². The van der Waals surface area contributed by atoms with Gasteiger partial charge in [-0.2, -0.15) is 0 Å². The fourth-order valence-corrected chi connectivity index (χ4v) is 3.74. The molecule has 4 heterocycles. The van der Waals surface area contributed by atoms with Crippen LogP contribution < -0.4 is 5.32 Å². The van der Waals surface area contributed by atoms with Gasteiger partial charge < -0.3 is 14.6 Å². The molecule has 2 unspecified atom stereocenters. The number of piperidine rings is 1. The molecule has 0 aliphatic carbocycles. The Bertz CT molecular complexity index is 699. The van der Waals surface area contributed by atoms with Crippen LogP contribution in [0, 0.1) is 5.92 Å².